The minimum atomic E-state index is -2.95. The molecule has 0 saturated carbocycles. The monoisotopic (exact) mass is 315 g/mol. The minimum absolute atomic E-state index is 0.0946. The van der Waals surface area contributed by atoms with Crippen LogP contribution in [0.3, 0.4) is 0 Å². The zero-order chi connectivity index (χ0) is 16.3. The van der Waals surface area contributed by atoms with Gasteiger partial charge < -0.3 is 19.1 Å². The van der Waals surface area contributed by atoms with Crippen LogP contribution in [-0.2, 0) is 4.74 Å². The lowest BCUT2D eigenvalue weighted by molar-refractivity contribution is -0.0512. The zero-order valence-electron chi connectivity index (χ0n) is 12.8. The van der Waals surface area contributed by atoms with Crippen molar-refractivity contribution in [3.63, 3.8) is 0 Å². The first kappa shape index (κ1) is 16.5. The molecule has 1 saturated heterocycles. The second-order valence-corrected chi connectivity index (χ2v) is 5.57. The lowest BCUT2D eigenvalue weighted by Crippen LogP contribution is -2.55. The summed E-state index contributed by atoms with van der Waals surface area (Å²) in [5.74, 6) is -0.206. The molecule has 22 heavy (non-hydrogen) atoms. The largest absolute Gasteiger partial charge is 0.493 e. The van der Waals surface area contributed by atoms with E-state index in [4.69, 9.17) is 9.47 Å². The second kappa shape index (κ2) is 6.48. The first-order chi connectivity index (χ1) is 10.3. The van der Waals surface area contributed by atoms with Crippen molar-refractivity contribution in [3.8, 4) is 11.5 Å². The van der Waals surface area contributed by atoms with Gasteiger partial charge in [-0.2, -0.15) is 8.78 Å². The number of morpholine rings is 1. The molecule has 2 rings (SSSR count). The predicted octanol–water partition coefficient (Wildman–Crippen LogP) is 2.55. The highest BCUT2D eigenvalue weighted by Crippen LogP contribution is 2.31. The van der Waals surface area contributed by atoms with Crippen molar-refractivity contribution >= 4 is 5.91 Å². The molecule has 1 aliphatic rings. The number of benzene rings is 1. The molecule has 1 aliphatic heterocycles. The highest BCUT2D eigenvalue weighted by Gasteiger charge is 2.34. The van der Waals surface area contributed by atoms with Gasteiger partial charge >= 0.3 is 6.61 Å². The van der Waals surface area contributed by atoms with Gasteiger partial charge in [-0.25, -0.2) is 0 Å². The molecule has 1 fully saturated rings. The smallest absolute Gasteiger partial charge is 0.387 e. The molecule has 0 spiro atoms. The third-order valence-electron chi connectivity index (χ3n) is 3.52. The summed E-state index contributed by atoms with van der Waals surface area (Å²) in [6, 6.07) is 4.17. The summed E-state index contributed by atoms with van der Waals surface area (Å²) in [6.45, 7) is 2.27. The van der Waals surface area contributed by atoms with Crippen molar-refractivity contribution in [1.29, 1.82) is 0 Å². The lowest BCUT2D eigenvalue weighted by Gasteiger charge is -2.42. The number of amides is 1. The highest BCUT2D eigenvalue weighted by molar-refractivity contribution is 5.95. The molecule has 122 valence electrons. The molecule has 0 N–H and O–H groups in total. The summed E-state index contributed by atoms with van der Waals surface area (Å²) in [5, 5.41) is 0. The Morgan fingerprint density at radius 3 is 2.68 bits per heavy atom. The third-order valence-corrected chi connectivity index (χ3v) is 3.52. The number of ether oxygens (including phenoxy) is 3. The summed E-state index contributed by atoms with van der Waals surface area (Å²) in [4.78, 5) is 14.4. The highest BCUT2D eigenvalue weighted by atomic mass is 19.3. The van der Waals surface area contributed by atoms with Crippen LogP contribution < -0.4 is 9.47 Å². The molecular formula is C15H19F2NO4. The Kier molecular flexibility index (Phi) is 4.85. The molecule has 1 aromatic carbocycles. The van der Waals surface area contributed by atoms with E-state index in [0.29, 0.717) is 25.3 Å². The number of carbonyl (C=O) groups excluding carboxylic acids is 1. The van der Waals surface area contributed by atoms with Crippen molar-refractivity contribution in [3.05, 3.63) is 23.8 Å². The van der Waals surface area contributed by atoms with Crippen molar-refractivity contribution < 1.29 is 27.8 Å². The summed E-state index contributed by atoms with van der Waals surface area (Å²) in [5.41, 5.74) is -0.0748. The summed E-state index contributed by atoms with van der Waals surface area (Å²) < 4.78 is 39.4. The van der Waals surface area contributed by atoms with Gasteiger partial charge in [0.05, 0.1) is 25.9 Å². The number of hydrogen-bond acceptors (Lipinski definition) is 4. The molecule has 0 atom stereocenters. The molecule has 0 unspecified atom stereocenters. The average Bonchev–Trinajstić information content (AvgIpc) is 2.46. The van der Waals surface area contributed by atoms with Crippen molar-refractivity contribution in [1.82, 2.24) is 4.90 Å². The van der Waals surface area contributed by atoms with Gasteiger partial charge in [0, 0.05) is 12.1 Å². The van der Waals surface area contributed by atoms with Gasteiger partial charge in [0.15, 0.2) is 11.5 Å². The number of nitrogens with zero attached hydrogens (tertiary/aromatic N) is 1. The minimum Gasteiger partial charge on any atom is -0.493 e. The van der Waals surface area contributed by atoms with Gasteiger partial charge in [-0.3, -0.25) is 4.79 Å². The number of halogens is 2. The number of alkyl halides is 2. The maximum atomic E-state index is 12.6. The van der Waals surface area contributed by atoms with E-state index in [1.165, 1.54) is 25.3 Å². The fraction of sp³-hybridized carbons (Fsp3) is 0.533. The molecule has 1 heterocycles. The van der Waals surface area contributed by atoms with E-state index >= 15 is 0 Å². The molecule has 0 radical (unpaired) electrons. The Labute approximate surface area is 127 Å². The molecule has 1 amide bonds. The van der Waals surface area contributed by atoms with Crippen LogP contribution in [0.15, 0.2) is 18.2 Å². The third kappa shape index (κ3) is 3.47. The summed E-state index contributed by atoms with van der Waals surface area (Å²) >= 11 is 0. The Hall–Kier alpha value is -1.89. The Morgan fingerprint density at radius 1 is 1.36 bits per heavy atom. The average molecular weight is 315 g/mol. The second-order valence-electron chi connectivity index (χ2n) is 5.57. The molecule has 0 aromatic heterocycles. The Balaban J connectivity index is 2.26. The molecule has 1 aromatic rings. The van der Waals surface area contributed by atoms with E-state index in [1.807, 2.05) is 13.8 Å². The van der Waals surface area contributed by atoms with Crippen molar-refractivity contribution in [2.45, 2.75) is 26.0 Å². The molecular weight excluding hydrogens is 296 g/mol. The van der Waals surface area contributed by atoms with Gasteiger partial charge in [0.1, 0.15) is 0 Å². The van der Waals surface area contributed by atoms with Crippen LogP contribution in [0.5, 0.6) is 11.5 Å². The van der Waals surface area contributed by atoms with Gasteiger partial charge in [-0.15, -0.1) is 0 Å². The quantitative estimate of drug-likeness (QED) is 0.857. The van der Waals surface area contributed by atoms with E-state index in [9.17, 15) is 13.6 Å². The van der Waals surface area contributed by atoms with Crippen LogP contribution in [0.1, 0.15) is 24.2 Å². The topological polar surface area (TPSA) is 48.0 Å². The molecule has 7 heteroatoms. The number of methoxy groups -OCH3 is 1. The van der Waals surface area contributed by atoms with Gasteiger partial charge in [-0.1, -0.05) is 0 Å². The van der Waals surface area contributed by atoms with Crippen LogP contribution in [0.2, 0.25) is 0 Å². The van der Waals surface area contributed by atoms with E-state index in [2.05, 4.69) is 4.74 Å². The van der Waals surface area contributed by atoms with Crippen LogP contribution in [0.25, 0.3) is 0 Å². The maximum absolute atomic E-state index is 12.6. The first-order valence-electron chi connectivity index (χ1n) is 6.88. The van der Waals surface area contributed by atoms with Gasteiger partial charge in [-0.05, 0) is 32.0 Å². The van der Waals surface area contributed by atoms with Crippen LogP contribution in [-0.4, -0.2) is 49.8 Å². The maximum Gasteiger partial charge on any atom is 0.387 e. The first-order valence-corrected chi connectivity index (χ1v) is 6.88. The van der Waals surface area contributed by atoms with Crippen LogP contribution >= 0.6 is 0 Å². The summed E-state index contributed by atoms with van der Waals surface area (Å²) in [6.07, 6.45) is 0. The summed E-state index contributed by atoms with van der Waals surface area (Å²) in [7, 11) is 1.33. The molecule has 5 nitrogen and oxygen atoms in total. The molecule has 0 bridgehead atoms. The fourth-order valence-corrected chi connectivity index (χ4v) is 2.38. The van der Waals surface area contributed by atoms with Crippen molar-refractivity contribution in [2.75, 3.05) is 26.9 Å². The number of carbonyl (C=O) groups is 1. The van der Waals surface area contributed by atoms with Gasteiger partial charge in [0.25, 0.3) is 5.91 Å². The standard InChI is InChI=1S/C15H19F2NO4/c1-15(2)9-21-7-6-18(15)13(19)10-4-5-11(22-14(16)17)12(8-10)20-3/h4-5,8,14H,6-7,9H2,1-3H3. The number of hydrogen-bond donors (Lipinski definition) is 0. The fourth-order valence-electron chi connectivity index (χ4n) is 2.38. The van der Waals surface area contributed by atoms with E-state index < -0.39 is 12.2 Å². The Morgan fingerprint density at radius 2 is 2.09 bits per heavy atom. The molecule has 0 aliphatic carbocycles. The Bertz CT molecular complexity index is 548. The predicted molar refractivity (Wildman–Crippen MR) is 75.6 cm³/mol. The van der Waals surface area contributed by atoms with Crippen LogP contribution in [0.4, 0.5) is 8.78 Å². The number of rotatable bonds is 4. The van der Waals surface area contributed by atoms with E-state index in [1.54, 1.807) is 4.90 Å². The lowest BCUT2D eigenvalue weighted by atomic mass is 10.0. The van der Waals surface area contributed by atoms with Crippen LogP contribution in [0, 0.1) is 0 Å². The van der Waals surface area contributed by atoms with E-state index in [-0.39, 0.29) is 17.4 Å². The van der Waals surface area contributed by atoms with E-state index in [0.717, 1.165) is 0 Å². The van der Waals surface area contributed by atoms with Gasteiger partial charge in [0.2, 0.25) is 0 Å². The SMILES string of the molecule is COc1cc(C(=O)N2CCOCC2(C)C)ccc1OC(F)F. The zero-order valence-corrected chi connectivity index (χ0v) is 12.8. The van der Waals surface area contributed by atoms with Crippen molar-refractivity contribution in [2.24, 2.45) is 0 Å². The normalized spacial score (nSPS) is 17.5.